The molecule has 2 aromatic rings. The first-order valence-electron chi connectivity index (χ1n) is 9.87. The van der Waals surface area contributed by atoms with E-state index in [4.69, 9.17) is 9.47 Å². The van der Waals surface area contributed by atoms with Crippen molar-refractivity contribution in [3.8, 4) is 11.5 Å². The fourth-order valence-electron chi connectivity index (χ4n) is 3.83. The maximum atomic E-state index is 13.2. The lowest BCUT2D eigenvalue weighted by Gasteiger charge is -2.30. The van der Waals surface area contributed by atoms with Crippen LogP contribution in [-0.4, -0.2) is 52.7 Å². The van der Waals surface area contributed by atoms with Gasteiger partial charge in [-0.15, -0.1) is 0 Å². The van der Waals surface area contributed by atoms with E-state index in [2.05, 4.69) is 0 Å². The summed E-state index contributed by atoms with van der Waals surface area (Å²) in [6.45, 7) is 0.633. The van der Waals surface area contributed by atoms with Crippen LogP contribution in [0.15, 0.2) is 42.5 Å². The normalized spacial score (nSPS) is 17.5. The Bertz CT molecular complexity index is 934. The molecule has 0 aromatic heterocycles. The molecule has 2 amide bonds. The number of carbonyl (C=O) groups excluding carboxylic acids is 2. The van der Waals surface area contributed by atoms with E-state index in [0.717, 1.165) is 11.1 Å². The van der Waals surface area contributed by atoms with E-state index in [-0.39, 0.29) is 50.7 Å². The number of aliphatic hydroxyl groups is 1. The van der Waals surface area contributed by atoms with Gasteiger partial charge in [0.05, 0.1) is 6.61 Å². The number of nitrogens with zero attached hydrogens (tertiary/aromatic N) is 2. The molecule has 1 unspecified atom stereocenters. The van der Waals surface area contributed by atoms with Crippen molar-refractivity contribution < 1.29 is 28.6 Å². The van der Waals surface area contributed by atoms with E-state index >= 15 is 0 Å². The Morgan fingerprint density at radius 3 is 2.63 bits per heavy atom. The maximum Gasteiger partial charge on any atom is 0.245 e. The van der Waals surface area contributed by atoms with Crippen LogP contribution in [0.4, 0.5) is 4.39 Å². The molecule has 0 radical (unpaired) electrons. The number of ether oxygens (including phenoxy) is 2. The lowest BCUT2D eigenvalue weighted by Crippen LogP contribution is -2.47. The lowest BCUT2D eigenvalue weighted by atomic mass is 10.1. The largest absolute Gasteiger partial charge is 0.454 e. The number of hydrogen-bond donors (Lipinski definition) is 1. The predicted molar refractivity (Wildman–Crippen MR) is 105 cm³/mol. The average molecular weight is 414 g/mol. The molecule has 1 N–H and O–H groups in total. The first kappa shape index (κ1) is 20.2. The molecule has 4 rings (SSSR count). The SMILES string of the molecule is O=C(C1CCC(=O)N1Cc1ccc2c(c1)OCO2)N(CCO)Cc1ccc(F)cc1. The summed E-state index contributed by atoms with van der Waals surface area (Å²) >= 11 is 0. The van der Waals surface area contributed by atoms with Crippen LogP contribution in [-0.2, 0) is 22.7 Å². The number of aliphatic hydroxyl groups excluding tert-OH is 1. The van der Waals surface area contributed by atoms with Gasteiger partial charge in [-0.25, -0.2) is 4.39 Å². The quantitative estimate of drug-likeness (QED) is 0.750. The second-order valence-corrected chi connectivity index (χ2v) is 7.37. The standard InChI is InChI=1S/C22H23FN2O5/c23-17-4-1-15(2-5-17)12-24(9-10-26)22(28)18-6-8-21(27)25(18)13-16-3-7-19-20(11-16)30-14-29-19/h1-5,7,11,18,26H,6,8-10,12-14H2. The van der Waals surface area contributed by atoms with Gasteiger partial charge in [0.25, 0.3) is 0 Å². The first-order valence-corrected chi connectivity index (χ1v) is 9.87. The van der Waals surface area contributed by atoms with Gasteiger partial charge in [-0.1, -0.05) is 18.2 Å². The zero-order valence-corrected chi connectivity index (χ0v) is 16.4. The van der Waals surface area contributed by atoms with Crippen molar-refractivity contribution in [1.29, 1.82) is 0 Å². The summed E-state index contributed by atoms with van der Waals surface area (Å²) in [6.07, 6.45) is 0.720. The van der Waals surface area contributed by atoms with Gasteiger partial charge in [0.2, 0.25) is 18.6 Å². The van der Waals surface area contributed by atoms with Gasteiger partial charge < -0.3 is 24.4 Å². The molecule has 2 aromatic carbocycles. The molecule has 1 fully saturated rings. The topological polar surface area (TPSA) is 79.3 Å². The molecule has 0 spiro atoms. The molecule has 158 valence electrons. The maximum absolute atomic E-state index is 13.2. The van der Waals surface area contributed by atoms with Crippen molar-refractivity contribution in [1.82, 2.24) is 9.80 Å². The van der Waals surface area contributed by atoms with Crippen molar-refractivity contribution >= 4 is 11.8 Å². The molecule has 1 atom stereocenters. The summed E-state index contributed by atoms with van der Waals surface area (Å²) in [5.74, 6) is 0.625. The molecule has 8 heteroatoms. The predicted octanol–water partition coefficient (Wildman–Crippen LogP) is 2.07. The van der Waals surface area contributed by atoms with E-state index in [1.165, 1.54) is 17.0 Å². The fourth-order valence-corrected chi connectivity index (χ4v) is 3.83. The van der Waals surface area contributed by atoms with Gasteiger partial charge in [-0.3, -0.25) is 9.59 Å². The molecule has 2 heterocycles. The minimum atomic E-state index is -0.602. The Morgan fingerprint density at radius 2 is 1.87 bits per heavy atom. The highest BCUT2D eigenvalue weighted by Gasteiger charge is 2.38. The molecular formula is C22H23FN2O5. The Labute approximate surface area is 173 Å². The number of benzene rings is 2. The van der Waals surface area contributed by atoms with Gasteiger partial charge in [0.1, 0.15) is 11.9 Å². The number of hydrogen-bond acceptors (Lipinski definition) is 5. The minimum Gasteiger partial charge on any atom is -0.454 e. The van der Waals surface area contributed by atoms with Crippen molar-refractivity contribution in [2.24, 2.45) is 0 Å². The molecule has 0 aliphatic carbocycles. The Kier molecular flexibility index (Phi) is 5.85. The number of likely N-dealkylation sites (tertiary alicyclic amines) is 1. The van der Waals surface area contributed by atoms with Gasteiger partial charge in [-0.2, -0.15) is 0 Å². The van der Waals surface area contributed by atoms with E-state index in [1.54, 1.807) is 23.1 Å². The van der Waals surface area contributed by atoms with Crippen LogP contribution in [0.3, 0.4) is 0 Å². The summed E-state index contributed by atoms with van der Waals surface area (Å²) in [5.41, 5.74) is 1.60. The number of rotatable bonds is 7. The summed E-state index contributed by atoms with van der Waals surface area (Å²) in [6, 6.07) is 10.7. The lowest BCUT2D eigenvalue weighted by molar-refractivity contribution is -0.142. The number of carbonyl (C=O) groups is 2. The zero-order valence-electron chi connectivity index (χ0n) is 16.4. The number of fused-ring (bicyclic) bond motifs is 1. The van der Waals surface area contributed by atoms with Crippen LogP contribution in [0.25, 0.3) is 0 Å². The van der Waals surface area contributed by atoms with Crippen LogP contribution < -0.4 is 9.47 Å². The van der Waals surface area contributed by atoms with Crippen LogP contribution >= 0.6 is 0 Å². The summed E-state index contributed by atoms with van der Waals surface area (Å²) < 4.78 is 23.9. The Morgan fingerprint density at radius 1 is 1.13 bits per heavy atom. The molecule has 30 heavy (non-hydrogen) atoms. The summed E-state index contributed by atoms with van der Waals surface area (Å²) in [7, 11) is 0. The van der Waals surface area contributed by atoms with E-state index < -0.39 is 6.04 Å². The monoisotopic (exact) mass is 414 g/mol. The molecular weight excluding hydrogens is 391 g/mol. The summed E-state index contributed by atoms with van der Waals surface area (Å²) in [4.78, 5) is 28.8. The van der Waals surface area contributed by atoms with Gasteiger partial charge >= 0.3 is 0 Å². The van der Waals surface area contributed by atoms with Crippen molar-refractivity contribution in [3.63, 3.8) is 0 Å². The highest BCUT2D eigenvalue weighted by molar-refractivity contribution is 5.91. The average Bonchev–Trinajstić information content (AvgIpc) is 3.35. The second-order valence-electron chi connectivity index (χ2n) is 7.37. The van der Waals surface area contributed by atoms with E-state index in [1.807, 2.05) is 12.1 Å². The van der Waals surface area contributed by atoms with Gasteiger partial charge in [-0.05, 0) is 41.8 Å². The number of halogens is 1. The molecule has 2 aliphatic heterocycles. The molecule has 1 saturated heterocycles. The highest BCUT2D eigenvalue weighted by atomic mass is 19.1. The number of amides is 2. The third kappa shape index (κ3) is 4.23. The van der Waals surface area contributed by atoms with E-state index in [0.29, 0.717) is 24.3 Å². The highest BCUT2D eigenvalue weighted by Crippen LogP contribution is 2.33. The fraction of sp³-hybridized carbons (Fsp3) is 0.364. The molecule has 0 saturated carbocycles. The summed E-state index contributed by atoms with van der Waals surface area (Å²) in [5, 5.41) is 9.43. The van der Waals surface area contributed by atoms with Crippen molar-refractivity contribution in [2.75, 3.05) is 19.9 Å². The molecule has 0 bridgehead atoms. The molecule has 2 aliphatic rings. The van der Waals surface area contributed by atoms with Crippen LogP contribution in [0.1, 0.15) is 24.0 Å². The third-order valence-electron chi connectivity index (χ3n) is 5.37. The van der Waals surface area contributed by atoms with E-state index in [9.17, 15) is 19.1 Å². The van der Waals surface area contributed by atoms with Crippen LogP contribution in [0, 0.1) is 5.82 Å². The van der Waals surface area contributed by atoms with Gasteiger partial charge in [0.15, 0.2) is 11.5 Å². The Hall–Kier alpha value is -3.13. The smallest absolute Gasteiger partial charge is 0.245 e. The zero-order chi connectivity index (χ0) is 21.1. The van der Waals surface area contributed by atoms with Gasteiger partial charge in [0, 0.05) is 26.1 Å². The second kappa shape index (κ2) is 8.71. The van der Waals surface area contributed by atoms with Crippen molar-refractivity contribution in [2.45, 2.75) is 32.0 Å². The first-order chi connectivity index (χ1) is 14.5. The Balaban J connectivity index is 1.50. The third-order valence-corrected chi connectivity index (χ3v) is 5.37. The van der Waals surface area contributed by atoms with Crippen LogP contribution in [0.2, 0.25) is 0 Å². The van der Waals surface area contributed by atoms with Crippen molar-refractivity contribution in [3.05, 3.63) is 59.4 Å². The minimum absolute atomic E-state index is 0.0863. The van der Waals surface area contributed by atoms with Crippen LogP contribution in [0.5, 0.6) is 11.5 Å². The molecule has 7 nitrogen and oxygen atoms in total.